The molecule has 31 heteroatoms. The number of carbonyl (C=O) groups is 10. The molecule has 5 spiro atoms. The van der Waals surface area contributed by atoms with Crippen molar-refractivity contribution in [3.8, 4) is 0 Å². The lowest BCUT2D eigenvalue weighted by molar-refractivity contribution is -0.135. The van der Waals surface area contributed by atoms with Crippen molar-refractivity contribution in [3.05, 3.63) is 191 Å². The maximum atomic E-state index is 12.6. The Kier molecular flexibility index (Phi) is 29.6. The predicted octanol–water partition coefficient (Wildman–Crippen LogP) is 16.2. The lowest BCUT2D eigenvalue weighted by atomic mass is 9.88. The zero-order chi connectivity index (χ0) is 99.4. The van der Waals surface area contributed by atoms with Gasteiger partial charge in [0.05, 0.1) is 18.8 Å². The Morgan fingerprint density at radius 1 is 0.390 bits per heavy atom. The molecule has 14 heterocycles. The van der Waals surface area contributed by atoms with Crippen LogP contribution in [0.15, 0.2) is 149 Å². The molecular formula is C110H143N17O14. The average molecular weight is 1930 g/mol. The van der Waals surface area contributed by atoms with Crippen LogP contribution in [0, 0.1) is 68.0 Å². The first-order valence-electron chi connectivity index (χ1n) is 51.2. The number of nitrogens with zero attached hydrogens (tertiary/aromatic N) is 12. The Balaban J connectivity index is 0.000000121. The van der Waals surface area contributed by atoms with Crippen LogP contribution >= 0.6 is 0 Å². The maximum absolute atomic E-state index is 12.6. The van der Waals surface area contributed by atoms with E-state index in [1.54, 1.807) is 65.3 Å². The minimum Gasteiger partial charge on any atom is -0.449 e. The maximum Gasteiger partial charge on any atom is 0.410 e. The van der Waals surface area contributed by atoms with Crippen LogP contribution < -0.4 is 26.6 Å². The monoisotopic (exact) mass is 1930 g/mol. The third-order valence-corrected chi connectivity index (χ3v) is 32.0. The van der Waals surface area contributed by atoms with Gasteiger partial charge in [-0.1, -0.05) is 65.0 Å². The van der Waals surface area contributed by atoms with E-state index in [-0.39, 0.29) is 70.0 Å². The van der Waals surface area contributed by atoms with E-state index in [9.17, 15) is 47.9 Å². The number of rotatable bonds is 18. The lowest BCUT2D eigenvalue weighted by Crippen LogP contribution is -2.42. The average Bonchev–Trinajstić information content (AvgIpc) is 1.61. The van der Waals surface area contributed by atoms with Gasteiger partial charge in [-0.2, -0.15) is 0 Å². The van der Waals surface area contributed by atoms with Gasteiger partial charge in [0, 0.05) is 210 Å². The van der Waals surface area contributed by atoms with Crippen LogP contribution in [0.5, 0.6) is 0 Å². The summed E-state index contributed by atoms with van der Waals surface area (Å²) in [5, 5.41) is 17.2. The quantitative estimate of drug-likeness (QED) is 0.0533. The number of benzene rings is 1. The van der Waals surface area contributed by atoms with Gasteiger partial charge in [0.2, 0.25) is 23.6 Å². The van der Waals surface area contributed by atoms with E-state index < -0.39 is 11.2 Å². The molecule has 8 aromatic rings. The molecule has 141 heavy (non-hydrogen) atoms. The molecule has 5 unspecified atom stereocenters. The molecule has 10 fully saturated rings. The van der Waals surface area contributed by atoms with Crippen LogP contribution in [-0.2, 0) is 67.7 Å². The molecule has 6 aliphatic carbocycles. The number of nitrogens with one attached hydrogen (secondary N) is 5. The van der Waals surface area contributed by atoms with Crippen LogP contribution in [0.4, 0.5) is 19.2 Å². The van der Waals surface area contributed by atoms with Crippen molar-refractivity contribution in [3.63, 3.8) is 0 Å². The van der Waals surface area contributed by atoms with Crippen LogP contribution in [0.2, 0.25) is 0 Å². The predicted molar refractivity (Wildman–Crippen MR) is 533 cm³/mol. The molecule has 5 atom stereocenters. The third-order valence-electron chi connectivity index (χ3n) is 32.0. The molecule has 0 radical (unpaired) electrons. The molecule has 1 aromatic carbocycles. The van der Waals surface area contributed by atoms with Gasteiger partial charge in [-0.25, -0.2) is 19.2 Å². The Bertz CT molecular complexity index is 5640. The number of piperidine rings is 5. The van der Waals surface area contributed by atoms with E-state index in [0.717, 1.165) is 207 Å². The molecule has 5 N–H and O–H groups in total. The Hall–Kier alpha value is -12.3. The molecule has 752 valence electrons. The number of carbonyl (C=O) groups excluding carboxylic acids is 10. The number of ether oxygens (including phenoxy) is 2. The molecule has 13 aliphatic rings. The number of pyridine rings is 5. The molecule has 31 nitrogen and oxygen atoms in total. The summed E-state index contributed by atoms with van der Waals surface area (Å²) in [4.78, 5) is 158. The zero-order valence-electron chi connectivity index (χ0n) is 84.2. The summed E-state index contributed by atoms with van der Waals surface area (Å²) in [6.45, 7) is 36.0. The fraction of sp³-hybridized carbons (Fsp3) is 0.573. The largest absolute Gasteiger partial charge is 0.449 e. The summed E-state index contributed by atoms with van der Waals surface area (Å²) in [6, 6.07) is 23.1. The summed E-state index contributed by atoms with van der Waals surface area (Å²) < 4.78 is 22.1. The number of aromatic nitrogens is 5. The number of fused-ring (bicyclic) bond motifs is 5. The topological polar surface area (TPSA) is 363 Å². The van der Waals surface area contributed by atoms with Gasteiger partial charge in [-0.3, -0.25) is 53.7 Å². The fourth-order valence-electron chi connectivity index (χ4n) is 22.7. The van der Waals surface area contributed by atoms with Crippen LogP contribution in [0.3, 0.4) is 0 Å². The highest BCUT2D eigenvalue weighted by molar-refractivity contribution is 6.00. The van der Waals surface area contributed by atoms with Crippen LogP contribution in [0.1, 0.15) is 245 Å². The Morgan fingerprint density at radius 2 is 0.738 bits per heavy atom. The van der Waals surface area contributed by atoms with Crippen molar-refractivity contribution in [1.82, 2.24) is 85.8 Å². The normalized spacial score (nSPS) is 21.7. The van der Waals surface area contributed by atoms with Gasteiger partial charge in [0.1, 0.15) is 11.2 Å². The van der Waals surface area contributed by atoms with Crippen molar-refractivity contribution in [2.75, 3.05) is 98.2 Å². The highest BCUT2D eigenvalue weighted by atomic mass is 16.6. The van der Waals surface area contributed by atoms with Gasteiger partial charge in [-0.15, -0.1) is 0 Å². The van der Waals surface area contributed by atoms with Crippen LogP contribution in [-0.4, -0.2) is 228 Å². The van der Waals surface area contributed by atoms with E-state index >= 15 is 0 Å². The molecule has 5 saturated heterocycles. The number of likely N-dealkylation sites (tertiary alicyclic amines) is 5. The van der Waals surface area contributed by atoms with Crippen molar-refractivity contribution in [1.29, 1.82) is 0 Å². The highest BCUT2D eigenvalue weighted by Gasteiger charge is 2.60. The standard InChI is InChI=1S/C24H28N4O2.C22H32N4O2.C22H29N3O2.2C21H27N3O4/c29-22(12-18-4-2-1-3-5-18)27-10-7-24(8-11-27)13-21(24)15-26-23(30)28-16-19-6-9-25-14-20(19)17-28;1-21(2,3)11-19(27)25-8-5-22(6-9-25)10-18(22)13-24-20(28)26-14-16-4-7-23-12-17(16)15-26;1-15(2)9-20(26)25-7-4-22(5-8-25)12-19(22)14-24-21(27)17-10-16-3-6-23-13-18(16)11-17;2*1-20(2,3)28-19(26)24-8-5-21(6-9-24)11-15(21)12-23-18(25)16-10-14-4-7-22-13-17(14)27-16/h1-6,9,14,21H,7-8,10-13,15-17H2,(H,26,30);4,7,12,18H,5-6,8-11,13-15H2,1-3H3,(H,24,28);3,6,11,13,15,19H,4-5,7-10,12,14H2,1-2H3,(H,24,27);2*4,7,10,13,15H,5-6,8-9,11-12H2,1-3H3,(H,23,25). The number of urea groups is 2. The Morgan fingerprint density at radius 3 is 1.11 bits per heavy atom. The van der Waals surface area contributed by atoms with Crippen molar-refractivity contribution < 1.29 is 66.3 Å². The van der Waals surface area contributed by atoms with E-state index in [2.05, 4.69) is 86.1 Å². The zero-order valence-corrected chi connectivity index (χ0v) is 84.2. The lowest BCUT2D eigenvalue weighted by Gasteiger charge is -2.34. The molecule has 5 saturated carbocycles. The number of hydrogen-bond acceptors (Lipinski definition) is 19. The second kappa shape index (κ2) is 41.7. The summed E-state index contributed by atoms with van der Waals surface area (Å²) >= 11 is 0. The van der Waals surface area contributed by atoms with Gasteiger partial charge >= 0.3 is 24.2 Å². The first-order chi connectivity index (χ1) is 67.4. The van der Waals surface area contributed by atoms with Gasteiger partial charge in [0.15, 0.2) is 22.7 Å². The molecule has 21 rings (SSSR count). The molecular weight excluding hydrogens is 1780 g/mol. The van der Waals surface area contributed by atoms with Gasteiger partial charge < -0.3 is 79.2 Å². The summed E-state index contributed by atoms with van der Waals surface area (Å²) in [5.41, 5.74) is 10.7. The van der Waals surface area contributed by atoms with Crippen LogP contribution in [0.25, 0.3) is 28.0 Å². The second-order valence-electron chi connectivity index (χ2n) is 45.9. The minimum atomic E-state index is -0.467. The van der Waals surface area contributed by atoms with Crippen molar-refractivity contribution >= 4 is 87.7 Å². The van der Waals surface area contributed by atoms with Crippen molar-refractivity contribution in [2.24, 2.45) is 68.0 Å². The van der Waals surface area contributed by atoms with Crippen molar-refractivity contribution in [2.45, 2.75) is 236 Å². The number of furan rings is 2. The minimum absolute atomic E-state index is 0.0173. The molecule has 7 aliphatic heterocycles. The van der Waals surface area contributed by atoms with E-state index in [0.29, 0.717) is 145 Å². The molecule has 7 aromatic heterocycles. The first kappa shape index (κ1) is 100. The van der Waals surface area contributed by atoms with Gasteiger partial charge in [0.25, 0.3) is 11.8 Å². The third kappa shape index (κ3) is 25.1. The van der Waals surface area contributed by atoms with E-state index in [4.69, 9.17) is 18.3 Å². The molecule has 12 amide bonds. The molecule has 0 bridgehead atoms. The highest BCUT2D eigenvalue weighted by Crippen LogP contribution is 2.63. The van der Waals surface area contributed by atoms with E-state index in [1.807, 2.05) is 151 Å². The SMILES string of the molecule is CC(C)(C)CC(=O)N1CCC2(CC1)CC2CNC(=O)N1Cc2ccncc2C1.CC(C)(C)OC(=O)N1CCC2(CC1)CC2CNC(=O)c1cc2ccncc2o1.CC(C)(C)OC(=O)N1CCC2(CC1)CC2CNC(=O)c1cc2ccncc2o1.CC(C)CC(=O)N1CCC2(CC1)CC2CNC(=O)C1=Cc2cnccc2C1.O=C(Cc1ccccc1)N1CCC2(CC1)CC2CNC(=O)N1Cc2ccncc2C1. The Labute approximate surface area is 827 Å². The number of hydrogen-bond donors (Lipinski definition) is 5. The second-order valence-corrected chi connectivity index (χ2v) is 45.9. The van der Waals surface area contributed by atoms with Gasteiger partial charge in [-0.05, 0) is 293 Å². The summed E-state index contributed by atoms with van der Waals surface area (Å²) in [7, 11) is 0. The summed E-state index contributed by atoms with van der Waals surface area (Å²) in [5.74, 6) is 4.13. The summed E-state index contributed by atoms with van der Waals surface area (Å²) in [6.07, 6.45) is 37.4. The first-order valence-corrected chi connectivity index (χ1v) is 51.2. The fourth-order valence-corrected chi connectivity index (χ4v) is 22.7. The van der Waals surface area contributed by atoms with E-state index in [1.165, 1.54) is 29.5 Å². The smallest absolute Gasteiger partial charge is 0.410 e. The number of amides is 12.